The minimum absolute atomic E-state index is 0.272. The topological polar surface area (TPSA) is 29.5 Å². The molecule has 0 aromatic carbocycles. The Morgan fingerprint density at radius 3 is 2.33 bits per heavy atom. The van der Waals surface area contributed by atoms with Gasteiger partial charge in [0.15, 0.2) is 0 Å². The highest BCUT2D eigenvalue weighted by Crippen LogP contribution is 2.10. The third-order valence-corrected chi connectivity index (χ3v) is 2.01. The summed E-state index contributed by atoms with van der Waals surface area (Å²) in [5.41, 5.74) is 0.734. The van der Waals surface area contributed by atoms with Gasteiger partial charge in [0.1, 0.15) is 5.60 Å². The van der Waals surface area contributed by atoms with E-state index in [-0.39, 0.29) is 6.09 Å². The van der Waals surface area contributed by atoms with Gasteiger partial charge in [-0.3, -0.25) is 0 Å². The maximum Gasteiger partial charge on any atom is 0.410 e. The zero-order chi connectivity index (χ0) is 12.1. The molecule has 3 nitrogen and oxygen atoms in total. The Balaban J connectivity index is 3.95. The van der Waals surface area contributed by atoms with Crippen LogP contribution in [0, 0.1) is 0 Å². The van der Waals surface area contributed by atoms with Crippen LogP contribution >= 0.6 is 0 Å². The molecular weight excluding hydrogens is 190 g/mol. The molecule has 0 aromatic heterocycles. The lowest BCUT2D eigenvalue weighted by atomic mass is 10.1. The normalized spacial score (nSPS) is 11.0. The molecule has 88 valence electrons. The lowest BCUT2D eigenvalue weighted by molar-refractivity contribution is 0.0300. The predicted octanol–water partition coefficient (Wildman–Crippen LogP) is 3.21. The summed E-state index contributed by atoms with van der Waals surface area (Å²) in [5.74, 6) is 0. The molecule has 0 spiro atoms. The van der Waals surface area contributed by atoms with E-state index in [4.69, 9.17) is 4.74 Å². The average Bonchev–Trinajstić information content (AvgIpc) is 2.10. The zero-order valence-electron chi connectivity index (χ0n) is 10.6. The van der Waals surface area contributed by atoms with Gasteiger partial charge in [0.05, 0.1) is 0 Å². The van der Waals surface area contributed by atoms with Gasteiger partial charge in [-0.05, 0) is 33.6 Å². The third kappa shape index (κ3) is 7.00. The number of rotatable bonds is 4. The highest BCUT2D eigenvalue weighted by molar-refractivity contribution is 5.67. The first kappa shape index (κ1) is 14.0. The van der Waals surface area contributed by atoms with Crippen LogP contribution in [-0.2, 0) is 4.74 Å². The minimum atomic E-state index is -0.424. The van der Waals surface area contributed by atoms with Gasteiger partial charge in [-0.1, -0.05) is 19.1 Å². The zero-order valence-corrected chi connectivity index (χ0v) is 10.6. The summed E-state index contributed by atoms with van der Waals surface area (Å²) >= 11 is 0. The summed E-state index contributed by atoms with van der Waals surface area (Å²) in [7, 11) is 1.75. The lowest BCUT2D eigenvalue weighted by Gasteiger charge is -2.24. The Labute approximate surface area is 93.1 Å². The van der Waals surface area contributed by atoms with Gasteiger partial charge >= 0.3 is 6.09 Å². The minimum Gasteiger partial charge on any atom is -0.444 e. The Bertz CT molecular complexity index is 228. The molecule has 0 rings (SSSR count). The van der Waals surface area contributed by atoms with Crippen molar-refractivity contribution in [2.45, 2.75) is 46.1 Å². The number of carbonyl (C=O) groups is 1. The molecule has 0 unspecified atom stereocenters. The van der Waals surface area contributed by atoms with E-state index in [0.29, 0.717) is 6.54 Å². The summed E-state index contributed by atoms with van der Waals surface area (Å²) in [6.45, 7) is 12.2. The molecule has 0 aromatic rings. The van der Waals surface area contributed by atoms with Crippen molar-refractivity contribution in [3.63, 3.8) is 0 Å². The van der Waals surface area contributed by atoms with E-state index in [1.807, 2.05) is 20.8 Å². The van der Waals surface area contributed by atoms with Crippen molar-refractivity contribution in [1.82, 2.24) is 4.90 Å². The van der Waals surface area contributed by atoms with Gasteiger partial charge in [0.25, 0.3) is 0 Å². The molecule has 0 aliphatic heterocycles. The Hall–Kier alpha value is -0.990. The fourth-order valence-electron chi connectivity index (χ4n) is 0.934. The first-order chi connectivity index (χ1) is 6.76. The molecular formula is C12H23NO2. The van der Waals surface area contributed by atoms with Crippen molar-refractivity contribution in [3.05, 3.63) is 12.2 Å². The number of carbonyl (C=O) groups excluding carboxylic acids is 1. The molecule has 0 atom stereocenters. The number of ether oxygens (including phenoxy) is 1. The van der Waals surface area contributed by atoms with Crippen molar-refractivity contribution >= 4 is 6.09 Å². The van der Waals surface area contributed by atoms with Crippen molar-refractivity contribution in [3.8, 4) is 0 Å². The lowest BCUT2D eigenvalue weighted by Crippen LogP contribution is -2.34. The quantitative estimate of drug-likeness (QED) is 0.671. The van der Waals surface area contributed by atoms with Crippen LogP contribution in [0.25, 0.3) is 0 Å². The number of hydrogen-bond acceptors (Lipinski definition) is 2. The second-order valence-corrected chi connectivity index (χ2v) is 4.76. The molecule has 0 radical (unpaired) electrons. The summed E-state index contributed by atoms with van der Waals surface area (Å²) in [6, 6.07) is 0. The second-order valence-electron chi connectivity index (χ2n) is 4.76. The molecule has 0 N–H and O–H groups in total. The van der Waals surface area contributed by atoms with E-state index < -0.39 is 5.60 Å². The molecule has 0 aliphatic carbocycles. The number of hydrogen-bond donors (Lipinski definition) is 0. The largest absolute Gasteiger partial charge is 0.444 e. The van der Waals surface area contributed by atoms with Crippen LogP contribution in [-0.4, -0.2) is 30.2 Å². The van der Waals surface area contributed by atoms with E-state index in [2.05, 4.69) is 13.5 Å². The van der Waals surface area contributed by atoms with Gasteiger partial charge in [-0.25, -0.2) is 4.79 Å². The fourth-order valence-corrected chi connectivity index (χ4v) is 0.934. The molecule has 0 saturated carbocycles. The monoisotopic (exact) mass is 213 g/mol. The maximum absolute atomic E-state index is 11.5. The van der Waals surface area contributed by atoms with Crippen molar-refractivity contribution in [2.24, 2.45) is 0 Å². The van der Waals surface area contributed by atoms with Crippen LogP contribution in [0.5, 0.6) is 0 Å². The first-order valence-corrected chi connectivity index (χ1v) is 5.37. The van der Waals surface area contributed by atoms with Crippen molar-refractivity contribution in [2.75, 3.05) is 13.6 Å². The van der Waals surface area contributed by atoms with Gasteiger partial charge in [-0.15, -0.1) is 0 Å². The number of nitrogens with zero attached hydrogens (tertiary/aromatic N) is 1. The van der Waals surface area contributed by atoms with Gasteiger partial charge in [0.2, 0.25) is 0 Å². The highest BCUT2D eigenvalue weighted by Gasteiger charge is 2.19. The summed E-state index contributed by atoms with van der Waals surface area (Å²) < 4.78 is 5.22. The molecule has 0 heterocycles. The summed E-state index contributed by atoms with van der Waals surface area (Å²) in [4.78, 5) is 13.1. The third-order valence-electron chi connectivity index (χ3n) is 2.01. The molecule has 0 saturated heterocycles. The van der Waals surface area contributed by atoms with Crippen molar-refractivity contribution in [1.29, 1.82) is 0 Å². The van der Waals surface area contributed by atoms with Gasteiger partial charge in [-0.2, -0.15) is 0 Å². The summed E-state index contributed by atoms with van der Waals surface area (Å²) in [6.07, 6.45) is 1.53. The van der Waals surface area contributed by atoms with Crippen LogP contribution < -0.4 is 0 Å². The summed E-state index contributed by atoms with van der Waals surface area (Å²) in [5, 5.41) is 0. The van der Waals surface area contributed by atoms with Crippen molar-refractivity contribution < 1.29 is 9.53 Å². The van der Waals surface area contributed by atoms with E-state index in [1.54, 1.807) is 11.9 Å². The van der Waals surface area contributed by atoms with Crippen LogP contribution in [0.1, 0.15) is 40.5 Å². The van der Waals surface area contributed by atoms with E-state index >= 15 is 0 Å². The highest BCUT2D eigenvalue weighted by atomic mass is 16.6. The molecule has 3 heteroatoms. The maximum atomic E-state index is 11.5. The van der Waals surface area contributed by atoms with E-state index in [1.165, 1.54) is 0 Å². The van der Waals surface area contributed by atoms with Crippen LogP contribution in [0.2, 0.25) is 0 Å². The second kappa shape index (κ2) is 5.79. The van der Waals surface area contributed by atoms with Gasteiger partial charge in [0, 0.05) is 13.6 Å². The predicted molar refractivity (Wildman–Crippen MR) is 62.9 cm³/mol. The van der Waals surface area contributed by atoms with Crippen LogP contribution in [0.4, 0.5) is 4.79 Å². The molecule has 0 aliphatic rings. The van der Waals surface area contributed by atoms with Crippen LogP contribution in [0.3, 0.4) is 0 Å². The van der Waals surface area contributed by atoms with E-state index in [9.17, 15) is 4.79 Å². The van der Waals surface area contributed by atoms with E-state index in [0.717, 1.165) is 18.4 Å². The first-order valence-electron chi connectivity index (χ1n) is 5.37. The molecule has 0 bridgehead atoms. The SMILES string of the molecule is C=C(CC)CCN(C)C(=O)OC(C)(C)C. The average molecular weight is 213 g/mol. The van der Waals surface area contributed by atoms with Crippen LogP contribution in [0.15, 0.2) is 12.2 Å². The number of amides is 1. The molecule has 15 heavy (non-hydrogen) atoms. The standard InChI is InChI=1S/C12H23NO2/c1-7-10(2)8-9-13(6)11(14)15-12(3,4)5/h2,7-9H2,1,3-6H3. The molecule has 1 amide bonds. The Kier molecular flexibility index (Phi) is 5.40. The smallest absolute Gasteiger partial charge is 0.410 e. The molecule has 0 fully saturated rings. The Morgan fingerprint density at radius 2 is 1.93 bits per heavy atom. The van der Waals surface area contributed by atoms with Gasteiger partial charge < -0.3 is 9.64 Å². The Morgan fingerprint density at radius 1 is 1.40 bits per heavy atom. The fraction of sp³-hybridized carbons (Fsp3) is 0.750.